The first-order chi connectivity index (χ1) is 6.36. The van der Waals surface area contributed by atoms with Crippen molar-refractivity contribution in [3.05, 3.63) is 18.3 Å². The van der Waals surface area contributed by atoms with Crippen LogP contribution < -0.4 is 10.6 Å². The fourth-order valence-corrected chi connectivity index (χ4v) is 2.22. The van der Waals surface area contributed by atoms with Crippen molar-refractivity contribution in [1.82, 2.24) is 10.2 Å². The number of fused-ring (bicyclic) bond motifs is 1. The van der Waals surface area contributed by atoms with Crippen LogP contribution in [-0.2, 0) is 0 Å². The highest BCUT2D eigenvalue weighted by molar-refractivity contribution is 5.41. The number of aromatic nitrogens is 2. The van der Waals surface area contributed by atoms with Gasteiger partial charge in [-0.15, -0.1) is 5.10 Å². The van der Waals surface area contributed by atoms with Crippen molar-refractivity contribution in [2.24, 2.45) is 17.6 Å². The number of nitrogens with zero attached hydrogens (tertiary/aromatic N) is 3. The van der Waals surface area contributed by atoms with Crippen molar-refractivity contribution in [2.75, 3.05) is 18.0 Å². The number of piperidine rings is 1. The highest BCUT2D eigenvalue weighted by atomic mass is 15.3. The second-order valence-electron chi connectivity index (χ2n) is 3.89. The van der Waals surface area contributed by atoms with Gasteiger partial charge in [-0.05, 0) is 24.0 Å². The van der Waals surface area contributed by atoms with Gasteiger partial charge < -0.3 is 10.6 Å². The topological polar surface area (TPSA) is 55.0 Å². The lowest BCUT2D eigenvalue weighted by atomic mass is 10.4. The Bertz CT molecular complexity index is 301. The summed E-state index contributed by atoms with van der Waals surface area (Å²) in [4.78, 5) is 2.27. The van der Waals surface area contributed by atoms with Crippen LogP contribution in [0.25, 0.3) is 0 Å². The second kappa shape index (κ2) is 2.42. The Morgan fingerprint density at radius 2 is 2.15 bits per heavy atom. The molecule has 1 saturated heterocycles. The van der Waals surface area contributed by atoms with Gasteiger partial charge in [0.25, 0.3) is 0 Å². The van der Waals surface area contributed by atoms with Crippen LogP contribution in [0.3, 0.4) is 0 Å². The molecule has 2 aliphatic rings. The van der Waals surface area contributed by atoms with Crippen LogP contribution in [0.1, 0.15) is 0 Å². The molecule has 68 valence electrons. The summed E-state index contributed by atoms with van der Waals surface area (Å²) in [6.45, 7) is 2.12. The molecular formula is C9H12N4. The normalized spacial score (nSPS) is 36.1. The molecule has 2 unspecified atom stereocenters. The zero-order valence-corrected chi connectivity index (χ0v) is 7.30. The fraction of sp³-hybridized carbons (Fsp3) is 0.556. The van der Waals surface area contributed by atoms with E-state index in [-0.39, 0.29) is 0 Å². The van der Waals surface area contributed by atoms with E-state index < -0.39 is 0 Å². The van der Waals surface area contributed by atoms with E-state index in [1.54, 1.807) is 6.20 Å². The van der Waals surface area contributed by atoms with E-state index in [4.69, 9.17) is 5.73 Å². The van der Waals surface area contributed by atoms with Gasteiger partial charge in [-0.3, -0.25) is 0 Å². The third-order valence-corrected chi connectivity index (χ3v) is 3.14. The Labute approximate surface area is 76.8 Å². The maximum Gasteiger partial charge on any atom is 0.151 e. The van der Waals surface area contributed by atoms with Gasteiger partial charge in [-0.25, -0.2) is 0 Å². The summed E-state index contributed by atoms with van der Waals surface area (Å²) in [6, 6.07) is 4.38. The van der Waals surface area contributed by atoms with E-state index in [9.17, 15) is 0 Å². The summed E-state index contributed by atoms with van der Waals surface area (Å²) in [5, 5.41) is 7.94. The molecule has 2 N–H and O–H groups in total. The number of hydrogen-bond acceptors (Lipinski definition) is 4. The SMILES string of the molecule is NC1C2CN(c3cccnn3)CC12. The van der Waals surface area contributed by atoms with Gasteiger partial charge in [-0.1, -0.05) is 0 Å². The molecule has 1 aromatic rings. The zero-order chi connectivity index (χ0) is 8.84. The lowest BCUT2D eigenvalue weighted by Crippen LogP contribution is -2.28. The van der Waals surface area contributed by atoms with E-state index in [1.807, 2.05) is 12.1 Å². The molecule has 3 rings (SSSR count). The van der Waals surface area contributed by atoms with Gasteiger partial charge in [0.1, 0.15) is 0 Å². The first-order valence-electron chi connectivity index (χ1n) is 4.64. The quantitative estimate of drug-likeness (QED) is 0.647. The van der Waals surface area contributed by atoms with Crippen molar-refractivity contribution in [3.63, 3.8) is 0 Å². The smallest absolute Gasteiger partial charge is 0.151 e. The first-order valence-corrected chi connectivity index (χ1v) is 4.64. The summed E-state index contributed by atoms with van der Waals surface area (Å²) < 4.78 is 0. The zero-order valence-electron chi connectivity index (χ0n) is 7.30. The lowest BCUT2D eigenvalue weighted by Gasteiger charge is -2.18. The van der Waals surface area contributed by atoms with Crippen molar-refractivity contribution < 1.29 is 0 Å². The third-order valence-electron chi connectivity index (χ3n) is 3.14. The summed E-state index contributed by atoms with van der Waals surface area (Å²) in [7, 11) is 0. The van der Waals surface area contributed by atoms with Gasteiger partial charge >= 0.3 is 0 Å². The molecule has 1 aliphatic heterocycles. The molecule has 0 spiro atoms. The van der Waals surface area contributed by atoms with Gasteiger partial charge in [-0.2, -0.15) is 5.10 Å². The Hall–Kier alpha value is -1.16. The Balaban J connectivity index is 1.76. The Morgan fingerprint density at radius 3 is 2.77 bits per heavy atom. The largest absolute Gasteiger partial charge is 0.354 e. The van der Waals surface area contributed by atoms with Gasteiger partial charge in [0.2, 0.25) is 0 Å². The summed E-state index contributed by atoms with van der Waals surface area (Å²) >= 11 is 0. The van der Waals surface area contributed by atoms with E-state index in [0.717, 1.165) is 18.9 Å². The molecule has 13 heavy (non-hydrogen) atoms. The number of nitrogens with two attached hydrogens (primary N) is 1. The average molecular weight is 176 g/mol. The molecule has 1 saturated carbocycles. The molecule has 0 bridgehead atoms. The van der Waals surface area contributed by atoms with Gasteiger partial charge in [0, 0.05) is 25.3 Å². The maximum absolute atomic E-state index is 5.85. The standard InChI is InChI=1S/C9H12N4/c10-9-6-4-13(5-7(6)9)8-2-1-3-11-12-8/h1-3,6-7,9H,4-5,10H2. The van der Waals surface area contributed by atoms with Crippen LogP contribution in [0.5, 0.6) is 0 Å². The van der Waals surface area contributed by atoms with Crippen LogP contribution in [0.15, 0.2) is 18.3 Å². The molecule has 4 nitrogen and oxygen atoms in total. The summed E-state index contributed by atoms with van der Waals surface area (Å²) in [5.41, 5.74) is 5.85. The van der Waals surface area contributed by atoms with E-state index in [2.05, 4.69) is 15.1 Å². The molecule has 1 aliphatic carbocycles. The third kappa shape index (κ3) is 1.02. The molecular weight excluding hydrogens is 164 g/mol. The lowest BCUT2D eigenvalue weighted by molar-refractivity contribution is 0.729. The maximum atomic E-state index is 5.85. The Kier molecular flexibility index (Phi) is 1.35. The second-order valence-corrected chi connectivity index (χ2v) is 3.89. The van der Waals surface area contributed by atoms with Crippen LogP contribution in [0.2, 0.25) is 0 Å². The average Bonchev–Trinajstić information content (AvgIpc) is 2.67. The molecule has 4 heteroatoms. The van der Waals surface area contributed by atoms with Crippen molar-refractivity contribution in [2.45, 2.75) is 6.04 Å². The minimum Gasteiger partial charge on any atom is -0.354 e. The number of rotatable bonds is 1. The van der Waals surface area contributed by atoms with Crippen LogP contribution >= 0.6 is 0 Å². The van der Waals surface area contributed by atoms with E-state index >= 15 is 0 Å². The molecule has 0 radical (unpaired) electrons. The molecule has 0 aromatic carbocycles. The minimum atomic E-state index is 0.452. The molecule has 2 fully saturated rings. The highest BCUT2D eigenvalue weighted by Crippen LogP contribution is 2.44. The predicted octanol–water partition coefficient (Wildman–Crippen LogP) is -0.130. The number of anilines is 1. The first kappa shape index (κ1) is 7.26. The highest BCUT2D eigenvalue weighted by Gasteiger charge is 2.53. The van der Waals surface area contributed by atoms with Crippen LogP contribution in [0, 0.1) is 11.8 Å². The Morgan fingerprint density at radius 1 is 1.38 bits per heavy atom. The summed E-state index contributed by atoms with van der Waals surface area (Å²) in [5.74, 6) is 2.41. The van der Waals surface area contributed by atoms with E-state index in [0.29, 0.717) is 17.9 Å². The fourth-order valence-electron chi connectivity index (χ4n) is 2.22. The molecule has 2 atom stereocenters. The van der Waals surface area contributed by atoms with Crippen LogP contribution in [0.4, 0.5) is 5.82 Å². The molecule has 0 amide bonds. The van der Waals surface area contributed by atoms with Crippen molar-refractivity contribution in [1.29, 1.82) is 0 Å². The number of hydrogen-bond donors (Lipinski definition) is 1. The minimum absolute atomic E-state index is 0.452. The van der Waals surface area contributed by atoms with Crippen molar-refractivity contribution in [3.8, 4) is 0 Å². The van der Waals surface area contributed by atoms with Gasteiger partial charge in [0.15, 0.2) is 5.82 Å². The van der Waals surface area contributed by atoms with E-state index in [1.165, 1.54) is 0 Å². The molecule has 2 heterocycles. The summed E-state index contributed by atoms with van der Waals surface area (Å²) in [6.07, 6.45) is 1.70. The van der Waals surface area contributed by atoms with Crippen LogP contribution in [-0.4, -0.2) is 29.3 Å². The monoisotopic (exact) mass is 176 g/mol. The molecule has 1 aromatic heterocycles. The van der Waals surface area contributed by atoms with Gasteiger partial charge in [0.05, 0.1) is 0 Å². The predicted molar refractivity (Wildman–Crippen MR) is 49.2 cm³/mol. The van der Waals surface area contributed by atoms with Crippen molar-refractivity contribution >= 4 is 5.82 Å².